The summed E-state index contributed by atoms with van der Waals surface area (Å²) in [7, 11) is -3.91. The summed E-state index contributed by atoms with van der Waals surface area (Å²) in [6.07, 6.45) is 1.12. The van der Waals surface area contributed by atoms with E-state index in [1.807, 2.05) is 0 Å². The number of sulfonamides is 1. The Morgan fingerprint density at radius 2 is 1.86 bits per heavy atom. The molecule has 0 heterocycles. The van der Waals surface area contributed by atoms with Crippen LogP contribution in [0.25, 0.3) is 0 Å². The van der Waals surface area contributed by atoms with Gasteiger partial charge in [0.15, 0.2) is 0 Å². The SMILES string of the molecule is CC[C@H](C(=O)Nc1ccc(Cl)cc1)N(c1cc([N+](=O)[O-])ccc1C)S(C)(=O)=O. The van der Waals surface area contributed by atoms with Gasteiger partial charge in [-0.1, -0.05) is 24.6 Å². The molecule has 0 saturated carbocycles. The van der Waals surface area contributed by atoms with E-state index < -0.39 is 26.9 Å². The van der Waals surface area contributed by atoms with Gasteiger partial charge in [0.25, 0.3) is 5.69 Å². The predicted octanol–water partition coefficient (Wildman–Crippen LogP) is 3.74. The first kappa shape index (κ1) is 21.6. The van der Waals surface area contributed by atoms with Crippen LogP contribution < -0.4 is 9.62 Å². The van der Waals surface area contributed by atoms with Crippen LogP contribution in [0, 0.1) is 17.0 Å². The van der Waals surface area contributed by atoms with Crippen molar-refractivity contribution < 1.29 is 18.1 Å². The summed E-state index contributed by atoms with van der Waals surface area (Å²) in [4.78, 5) is 23.3. The van der Waals surface area contributed by atoms with Crippen molar-refractivity contribution in [2.75, 3.05) is 15.9 Å². The van der Waals surface area contributed by atoms with Gasteiger partial charge in [0, 0.05) is 22.8 Å². The van der Waals surface area contributed by atoms with Gasteiger partial charge in [0.05, 0.1) is 16.9 Å². The van der Waals surface area contributed by atoms with Crippen LogP contribution in [-0.2, 0) is 14.8 Å². The number of rotatable bonds is 7. The van der Waals surface area contributed by atoms with Gasteiger partial charge >= 0.3 is 0 Å². The molecule has 1 N–H and O–H groups in total. The Balaban J connectivity index is 2.48. The summed E-state index contributed by atoms with van der Waals surface area (Å²) in [5.41, 5.74) is 0.780. The normalized spacial score (nSPS) is 12.3. The van der Waals surface area contributed by atoms with Crippen molar-refractivity contribution in [2.24, 2.45) is 0 Å². The minimum Gasteiger partial charge on any atom is -0.324 e. The van der Waals surface area contributed by atoms with E-state index in [1.54, 1.807) is 38.1 Å². The van der Waals surface area contributed by atoms with E-state index in [-0.39, 0.29) is 17.8 Å². The van der Waals surface area contributed by atoms with E-state index >= 15 is 0 Å². The highest BCUT2D eigenvalue weighted by atomic mass is 35.5. The van der Waals surface area contributed by atoms with Crippen molar-refractivity contribution in [3.05, 3.63) is 63.2 Å². The molecule has 0 aliphatic heterocycles. The lowest BCUT2D eigenvalue weighted by atomic mass is 10.1. The quantitative estimate of drug-likeness (QED) is 0.536. The monoisotopic (exact) mass is 425 g/mol. The lowest BCUT2D eigenvalue weighted by molar-refractivity contribution is -0.384. The predicted molar refractivity (Wildman–Crippen MR) is 109 cm³/mol. The van der Waals surface area contributed by atoms with Gasteiger partial charge in [-0.15, -0.1) is 0 Å². The Hall–Kier alpha value is -2.65. The molecule has 0 aromatic heterocycles. The molecule has 150 valence electrons. The number of amides is 1. The number of hydrogen-bond donors (Lipinski definition) is 1. The Kier molecular flexibility index (Phi) is 6.63. The summed E-state index contributed by atoms with van der Waals surface area (Å²) in [5, 5.41) is 14.3. The second-order valence-corrected chi connectivity index (χ2v) is 8.50. The molecular formula is C18H20ClN3O5S. The molecular weight excluding hydrogens is 406 g/mol. The highest BCUT2D eigenvalue weighted by molar-refractivity contribution is 7.92. The number of nitrogens with zero attached hydrogens (tertiary/aromatic N) is 2. The second-order valence-electron chi connectivity index (χ2n) is 6.21. The van der Waals surface area contributed by atoms with Crippen molar-refractivity contribution in [1.29, 1.82) is 0 Å². The summed E-state index contributed by atoms with van der Waals surface area (Å²) >= 11 is 5.83. The fraction of sp³-hybridized carbons (Fsp3) is 0.278. The van der Waals surface area contributed by atoms with Crippen LogP contribution in [0.3, 0.4) is 0 Å². The molecule has 1 atom stereocenters. The van der Waals surface area contributed by atoms with Crippen molar-refractivity contribution >= 4 is 44.6 Å². The number of aryl methyl sites for hydroxylation is 1. The number of carbonyl (C=O) groups excluding carboxylic acids is 1. The van der Waals surface area contributed by atoms with Crippen molar-refractivity contribution in [2.45, 2.75) is 26.3 Å². The molecule has 10 heteroatoms. The van der Waals surface area contributed by atoms with Gasteiger partial charge in [-0.05, 0) is 43.2 Å². The second kappa shape index (κ2) is 8.57. The zero-order valence-electron chi connectivity index (χ0n) is 15.5. The molecule has 0 aliphatic rings. The minimum atomic E-state index is -3.91. The molecule has 0 unspecified atom stereocenters. The number of non-ortho nitro benzene ring substituents is 1. The summed E-state index contributed by atoms with van der Waals surface area (Å²) in [6.45, 7) is 3.29. The molecule has 2 aromatic rings. The fourth-order valence-corrected chi connectivity index (χ4v) is 4.13. The van der Waals surface area contributed by atoms with E-state index in [2.05, 4.69) is 5.32 Å². The first-order valence-corrected chi connectivity index (χ1v) is 10.6. The number of nitrogens with one attached hydrogen (secondary N) is 1. The largest absolute Gasteiger partial charge is 0.324 e. The molecule has 8 nitrogen and oxygen atoms in total. The standard InChI is InChI=1S/C18H20ClN3O5S/c1-4-16(18(23)20-14-8-6-13(19)7-9-14)21(28(3,26)27)17-11-15(22(24)25)10-5-12(17)2/h5-11,16H,4H2,1-3H3,(H,20,23)/t16-/m1/s1. The van der Waals surface area contributed by atoms with Gasteiger partial charge < -0.3 is 5.32 Å². The lowest BCUT2D eigenvalue weighted by Crippen LogP contribution is -2.47. The minimum absolute atomic E-state index is 0.0924. The molecule has 2 rings (SSSR count). The number of hydrogen-bond acceptors (Lipinski definition) is 5. The molecule has 0 spiro atoms. The topological polar surface area (TPSA) is 110 Å². The first-order valence-electron chi connectivity index (χ1n) is 8.35. The average Bonchev–Trinajstić information content (AvgIpc) is 2.61. The third-order valence-electron chi connectivity index (χ3n) is 4.08. The van der Waals surface area contributed by atoms with Gasteiger partial charge in [-0.25, -0.2) is 8.42 Å². The van der Waals surface area contributed by atoms with Crippen molar-refractivity contribution in [1.82, 2.24) is 0 Å². The molecule has 28 heavy (non-hydrogen) atoms. The molecule has 2 aromatic carbocycles. The Morgan fingerprint density at radius 1 is 1.25 bits per heavy atom. The van der Waals surface area contributed by atoms with Crippen LogP contribution >= 0.6 is 11.6 Å². The number of carbonyl (C=O) groups is 1. The third kappa shape index (κ3) is 4.99. The zero-order valence-corrected chi connectivity index (χ0v) is 17.1. The highest BCUT2D eigenvalue weighted by Gasteiger charge is 2.33. The van der Waals surface area contributed by atoms with E-state index in [4.69, 9.17) is 11.6 Å². The molecule has 0 fully saturated rings. The van der Waals surface area contributed by atoms with Gasteiger partial charge in [-0.3, -0.25) is 19.2 Å². The van der Waals surface area contributed by atoms with E-state index in [0.29, 0.717) is 16.3 Å². The Labute approximate surface area is 168 Å². The summed E-state index contributed by atoms with van der Waals surface area (Å²) < 4.78 is 26.0. The van der Waals surface area contributed by atoms with Gasteiger partial charge in [0.2, 0.25) is 15.9 Å². The Bertz CT molecular complexity index is 993. The van der Waals surface area contributed by atoms with Crippen LogP contribution in [0.15, 0.2) is 42.5 Å². The maximum Gasteiger partial charge on any atom is 0.271 e. The third-order valence-corrected chi connectivity index (χ3v) is 5.50. The van der Waals surface area contributed by atoms with E-state index in [1.165, 1.54) is 12.1 Å². The number of benzene rings is 2. The van der Waals surface area contributed by atoms with Crippen LogP contribution in [0.2, 0.25) is 5.02 Å². The summed E-state index contributed by atoms with van der Waals surface area (Å²) in [5.74, 6) is -0.554. The molecule has 0 aliphatic carbocycles. The highest BCUT2D eigenvalue weighted by Crippen LogP contribution is 2.30. The molecule has 0 saturated heterocycles. The maximum atomic E-state index is 12.8. The van der Waals surface area contributed by atoms with Crippen LogP contribution in [0.4, 0.5) is 17.1 Å². The molecule has 0 bridgehead atoms. The van der Waals surface area contributed by atoms with Crippen LogP contribution in [-0.4, -0.2) is 31.5 Å². The van der Waals surface area contributed by atoms with Crippen molar-refractivity contribution in [3.63, 3.8) is 0 Å². The van der Waals surface area contributed by atoms with Crippen molar-refractivity contribution in [3.8, 4) is 0 Å². The Morgan fingerprint density at radius 3 is 2.36 bits per heavy atom. The molecule has 1 amide bonds. The summed E-state index contributed by atoms with van der Waals surface area (Å²) in [6, 6.07) is 9.19. The van der Waals surface area contributed by atoms with Crippen LogP contribution in [0.5, 0.6) is 0 Å². The average molecular weight is 426 g/mol. The first-order chi connectivity index (χ1) is 13.0. The maximum absolute atomic E-state index is 12.8. The van der Waals surface area contributed by atoms with Gasteiger partial charge in [0.1, 0.15) is 6.04 Å². The van der Waals surface area contributed by atoms with E-state index in [9.17, 15) is 23.3 Å². The number of halogens is 1. The number of nitro benzene ring substituents is 1. The van der Waals surface area contributed by atoms with Crippen LogP contribution in [0.1, 0.15) is 18.9 Å². The number of nitro groups is 1. The molecule has 0 radical (unpaired) electrons. The smallest absolute Gasteiger partial charge is 0.271 e. The van der Waals surface area contributed by atoms with Gasteiger partial charge in [-0.2, -0.15) is 0 Å². The van der Waals surface area contributed by atoms with E-state index in [0.717, 1.165) is 16.6 Å². The fourth-order valence-electron chi connectivity index (χ4n) is 2.74. The number of anilines is 2. The zero-order chi connectivity index (χ0) is 21.1. The lowest BCUT2D eigenvalue weighted by Gasteiger charge is -2.31.